The number of carbonyl (C=O) groups excluding carboxylic acids is 1. The number of carboxylic acid groups (broad SMARTS) is 1. The third kappa shape index (κ3) is 5.05. The molecule has 3 aromatic rings. The summed E-state index contributed by atoms with van der Waals surface area (Å²) in [7, 11) is 0. The van der Waals surface area contributed by atoms with E-state index in [1.54, 1.807) is 18.2 Å². The number of carboxylic acids is 1. The van der Waals surface area contributed by atoms with E-state index in [9.17, 15) is 9.59 Å². The van der Waals surface area contributed by atoms with Crippen molar-refractivity contribution in [1.29, 1.82) is 0 Å². The highest BCUT2D eigenvalue weighted by atomic mass is 35.5. The van der Waals surface area contributed by atoms with E-state index in [1.165, 1.54) is 28.0 Å². The summed E-state index contributed by atoms with van der Waals surface area (Å²) in [6.45, 7) is 0.542. The summed E-state index contributed by atoms with van der Waals surface area (Å²) < 4.78 is 2.91. The molecule has 0 spiro atoms. The molecule has 27 heavy (non-hydrogen) atoms. The van der Waals surface area contributed by atoms with E-state index in [-0.39, 0.29) is 24.6 Å². The predicted octanol–water partition coefficient (Wildman–Crippen LogP) is 2.56. The lowest BCUT2D eigenvalue weighted by atomic mass is 10.2. The van der Waals surface area contributed by atoms with Crippen molar-refractivity contribution < 1.29 is 14.7 Å². The SMILES string of the molecule is O=C(O)CCn1ccc(C(=O)Nc2ncn(Cc3ccc(Cl)cc3Cl)n2)n1. The average Bonchev–Trinajstić information content (AvgIpc) is 3.25. The summed E-state index contributed by atoms with van der Waals surface area (Å²) in [5, 5.41) is 20.5. The molecule has 0 unspecified atom stereocenters. The molecule has 2 heterocycles. The number of nitrogens with zero attached hydrogens (tertiary/aromatic N) is 5. The van der Waals surface area contributed by atoms with Crippen LogP contribution in [0.4, 0.5) is 5.95 Å². The maximum absolute atomic E-state index is 12.2. The van der Waals surface area contributed by atoms with Crippen LogP contribution in [0.2, 0.25) is 10.0 Å². The van der Waals surface area contributed by atoms with E-state index in [4.69, 9.17) is 28.3 Å². The largest absolute Gasteiger partial charge is 0.481 e. The van der Waals surface area contributed by atoms with Crippen LogP contribution in [0.25, 0.3) is 0 Å². The van der Waals surface area contributed by atoms with Crippen LogP contribution in [-0.2, 0) is 17.9 Å². The summed E-state index contributed by atoms with van der Waals surface area (Å²) in [5.41, 5.74) is 0.943. The molecule has 0 saturated heterocycles. The maximum atomic E-state index is 12.2. The van der Waals surface area contributed by atoms with Crippen LogP contribution >= 0.6 is 23.2 Å². The van der Waals surface area contributed by atoms with E-state index in [0.717, 1.165) is 5.56 Å². The number of nitrogens with one attached hydrogen (secondary N) is 1. The fourth-order valence-electron chi connectivity index (χ4n) is 2.24. The number of aliphatic carboxylic acids is 1. The average molecular weight is 409 g/mol. The van der Waals surface area contributed by atoms with Crippen molar-refractivity contribution in [2.75, 3.05) is 5.32 Å². The van der Waals surface area contributed by atoms with Gasteiger partial charge in [-0.3, -0.25) is 19.6 Å². The second-order valence-electron chi connectivity index (χ2n) is 5.56. The first kappa shape index (κ1) is 18.9. The Morgan fingerprint density at radius 3 is 2.70 bits per heavy atom. The molecule has 0 aliphatic heterocycles. The Kier molecular flexibility index (Phi) is 5.72. The number of amides is 1. The van der Waals surface area contributed by atoms with Crippen molar-refractivity contribution in [1.82, 2.24) is 24.5 Å². The predicted molar refractivity (Wildman–Crippen MR) is 98.0 cm³/mol. The number of rotatable bonds is 7. The minimum atomic E-state index is -0.938. The molecule has 1 aromatic carbocycles. The highest BCUT2D eigenvalue weighted by molar-refractivity contribution is 6.35. The zero-order chi connectivity index (χ0) is 19.4. The van der Waals surface area contributed by atoms with Crippen LogP contribution < -0.4 is 5.32 Å². The van der Waals surface area contributed by atoms with Crippen molar-refractivity contribution >= 4 is 41.0 Å². The van der Waals surface area contributed by atoms with E-state index >= 15 is 0 Å². The van der Waals surface area contributed by atoms with Crippen LogP contribution in [0.15, 0.2) is 36.8 Å². The van der Waals surface area contributed by atoms with Gasteiger partial charge in [0.1, 0.15) is 6.33 Å². The maximum Gasteiger partial charge on any atom is 0.305 e. The van der Waals surface area contributed by atoms with Gasteiger partial charge < -0.3 is 5.11 Å². The molecule has 2 aromatic heterocycles. The summed E-state index contributed by atoms with van der Waals surface area (Å²) >= 11 is 12.0. The number of halogens is 2. The molecular weight excluding hydrogens is 395 g/mol. The second-order valence-corrected chi connectivity index (χ2v) is 6.41. The van der Waals surface area contributed by atoms with E-state index < -0.39 is 11.9 Å². The zero-order valence-electron chi connectivity index (χ0n) is 13.8. The minimum absolute atomic E-state index is 0.0814. The van der Waals surface area contributed by atoms with Crippen molar-refractivity contribution in [2.45, 2.75) is 19.5 Å². The van der Waals surface area contributed by atoms with Crippen molar-refractivity contribution in [3.05, 3.63) is 58.1 Å². The van der Waals surface area contributed by atoms with Gasteiger partial charge in [0.15, 0.2) is 5.69 Å². The third-order valence-electron chi connectivity index (χ3n) is 3.54. The Morgan fingerprint density at radius 2 is 1.96 bits per heavy atom. The van der Waals surface area contributed by atoms with Crippen LogP contribution in [-0.4, -0.2) is 41.5 Å². The molecule has 0 atom stereocenters. The lowest BCUT2D eigenvalue weighted by Gasteiger charge is -2.04. The molecule has 0 fully saturated rings. The van der Waals surface area contributed by atoms with Crippen molar-refractivity contribution in [2.24, 2.45) is 0 Å². The number of aromatic nitrogens is 5. The van der Waals surface area contributed by atoms with Gasteiger partial charge in [0.25, 0.3) is 5.91 Å². The highest BCUT2D eigenvalue weighted by Crippen LogP contribution is 2.21. The van der Waals surface area contributed by atoms with Crippen molar-refractivity contribution in [3.8, 4) is 0 Å². The molecule has 0 bridgehead atoms. The Labute approximate surface area is 163 Å². The number of anilines is 1. The van der Waals surface area contributed by atoms with Gasteiger partial charge in [0.2, 0.25) is 5.95 Å². The number of hydrogen-bond donors (Lipinski definition) is 2. The zero-order valence-corrected chi connectivity index (χ0v) is 15.4. The fourth-order valence-corrected chi connectivity index (χ4v) is 2.70. The highest BCUT2D eigenvalue weighted by Gasteiger charge is 2.13. The number of aryl methyl sites for hydroxylation is 1. The Hall–Kier alpha value is -2.91. The van der Waals surface area contributed by atoms with Gasteiger partial charge in [-0.05, 0) is 23.8 Å². The molecule has 0 saturated carbocycles. The lowest BCUT2D eigenvalue weighted by molar-refractivity contribution is -0.137. The number of carbonyl (C=O) groups is 2. The van der Waals surface area contributed by atoms with Gasteiger partial charge in [-0.25, -0.2) is 9.67 Å². The topological polar surface area (TPSA) is 115 Å². The first-order valence-electron chi connectivity index (χ1n) is 7.80. The van der Waals surface area contributed by atoms with Gasteiger partial charge in [-0.2, -0.15) is 5.10 Å². The first-order chi connectivity index (χ1) is 12.9. The van der Waals surface area contributed by atoms with E-state index in [2.05, 4.69) is 20.5 Å². The Balaban J connectivity index is 1.61. The van der Waals surface area contributed by atoms with Gasteiger partial charge in [-0.15, -0.1) is 5.10 Å². The summed E-state index contributed by atoms with van der Waals surface area (Å²) in [4.78, 5) is 26.8. The second kappa shape index (κ2) is 8.19. The first-order valence-corrected chi connectivity index (χ1v) is 8.56. The molecule has 140 valence electrons. The van der Waals surface area contributed by atoms with Crippen LogP contribution in [0, 0.1) is 0 Å². The standard InChI is InChI=1S/C16H14Cl2N6O3/c17-11-2-1-10(12(18)7-11)8-24-9-19-16(22-24)20-15(27)13-3-5-23(21-13)6-4-14(25)26/h1-3,5,7,9H,4,6,8H2,(H,25,26)(H,20,22,27). The fraction of sp³-hybridized carbons (Fsp3) is 0.188. The molecule has 11 heteroatoms. The molecule has 1 amide bonds. The number of hydrogen-bond acceptors (Lipinski definition) is 5. The molecular formula is C16H14Cl2N6O3. The van der Waals surface area contributed by atoms with E-state index in [1.807, 2.05) is 0 Å². The molecule has 9 nitrogen and oxygen atoms in total. The lowest BCUT2D eigenvalue weighted by Crippen LogP contribution is -2.15. The van der Waals surface area contributed by atoms with Crippen LogP contribution in [0.1, 0.15) is 22.5 Å². The molecule has 0 aliphatic rings. The molecule has 3 rings (SSSR count). The van der Waals surface area contributed by atoms with Gasteiger partial charge >= 0.3 is 5.97 Å². The summed E-state index contributed by atoms with van der Waals surface area (Å²) in [6, 6.07) is 6.64. The molecule has 0 radical (unpaired) electrons. The summed E-state index contributed by atoms with van der Waals surface area (Å²) in [6.07, 6.45) is 2.92. The normalized spacial score (nSPS) is 10.7. The Morgan fingerprint density at radius 1 is 1.15 bits per heavy atom. The van der Waals surface area contributed by atoms with Crippen LogP contribution in [0.3, 0.4) is 0 Å². The third-order valence-corrected chi connectivity index (χ3v) is 4.12. The monoisotopic (exact) mass is 408 g/mol. The summed E-state index contributed by atoms with van der Waals surface area (Å²) in [5.74, 6) is -1.32. The quantitative estimate of drug-likeness (QED) is 0.620. The van der Waals surface area contributed by atoms with E-state index in [0.29, 0.717) is 16.6 Å². The van der Waals surface area contributed by atoms with Crippen LogP contribution in [0.5, 0.6) is 0 Å². The van der Waals surface area contributed by atoms with Crippen molar-refractivity contribution in [3.63, 3.8) is 0 Å². The Bertz CT molecular complexity index is 984. The van der Waals surface area contributed by atoms with Gasteiger partial charge in [-0.1, -0.05) is 29.3 Å². The van der Waals surface area contributed by atoms with Gasteiger partial charge in [0, 0.05) is 16.2 Å². The van der Waals surface area contributed by atoms with Gasteiger partial charge in [0.05, 0.1) is 19.5 Å². The minimum Gasteiger partial charge on any atom is -0.481 e. The number of benzene rings is 1. The molecule has 2 N–H and O–H groups in total. The smallest absolute Gasteiger partial charge is 0.305 e. The molecule has 0 aliphatic carbocycles.